The molecule has 2 aromatic rings. The molecule has 1 aliphatic rings. The summed E-state index contributed by atoms with van der Waals surface area (Å²) in [4.78, 5) is 40.7. The van der Waals surface area contributed by atoms with E-state index in [1.165, 1.54) is 23.1 Å². The lowest BCUT2D eigenvalue weighted by Gasteiger charge is -2.31. The Hall–Kier alpha value is -3.01. The van der Waals surface area contributed by atoms with Gasteiger partial charge >= 0.3 is 6.09 Å². The Morgan fingerprint density at radius 3 is 2.64 bits per heavy atom. The van der Waals surface area contributed by atoms with Gasteiger partial charge in [-0.3, -0.25) is 14.9 Å². The molecule has 10 heteroatoms. The Labute approximate surface area is 165 Å². The standard InChI is InChI=1S/C18H20N4O5S/c1-18(2,3)27-17(24)20-9-8-12-11(10-20)15(23)21(16(28)19-12)13-6-4-5-7-14(13)22(25)26/h4-7H,8-10H2,1-3H3,(H,19,28). The largest absolute Gasteiger partial charge is 0.444 e. The van der Waals surface area contributed by atoms with Crippen LogP contribution in [0.2, 0.25) is 0 Å². The first-order chi connectivity index (χ1) is 13.1. The number of carbonyl (C=O) groups is 1. The van der Waals surface area contributed by atoms with E-state index in [-0.39, 0.29) is 22.7 Å². The monoisotopic (exact) mass is 404 g/mol. The van der Waals surface area contributed by atoms with Gasteiger partial charge in [-0.15, -0.1) is 0 Å². The van der Waals surface area contributed by atoms with Gasteiger partial charge in [0, 0.05) is 24.7 Å². The number of H-pyrrole nitrogens is 1. The summed E-state index contributed by atoms with van der Waals surface area (Å²) in [5, 5.41) is 11.4. The summed E-state index contributed by atoms with van der Waals surface area (Å²) < 4.78 is 6.55. The molecular weight excluding hydrogens is 384 g/mol. The molecule has 1 aromatic heterocycles. The highest BCUT2D eigenvalue weighted by Gasteiger charge is 2.29. The molecule has 0 atom stereocenters. The van der Waals surface area contributed by atoms with Crippen molar-refractivity contribution in [3.63, 3.8) is 0 Å². The number of fused-ring (bicyclic) bond motifs is 1. The molecule has 0 spiro atoms. The second-order valence-electron chi connectivity index (χ2n) is 7.43. The topological polar surface area (TPSA) is 110 Å². The van der Waals surface area contributed by atoms with Crippen molar-refractivity contribution in [1.29, 1.82) is 0 Å². The van der Waals surface area contributed by atoms with Crippen LogP contribution in [0.4, 0.5) is 10.5 Å². The van der Waals surface area contributed by atoms with Crippen molar-refractivity contribution in [2.45, 2.75) is 39.3 Å². The van der Waals surface area contributed by atoms with Crippen LogP contribution >= 0.6 is 12.2 Å². The van der Waals surface area contributed by atoms with E-state index >= 15 is 0 Å². The van der Waals surface area contributed by atoms with Gasteiger partial charge in [0.05, 0.1) is 17.0 Å². The number of carbonyl (C=O) groups excluding carboxylic acids is 1. The maximum atomic E-state index is 13.1. The fraction of sp³-hybridized carbons (Fsp3) is 0.389. The minimum atomic E-state index is -0.654. The van der Waals surface area contributed by atoms with Crippen molar-refractivity contribution < 1.29 is 14.5 Å². The van der Waals surface area contributed by atoms with E-state index in [2.05, 4.69) is 4.98 Å². The second-order valence-corrected chi connectivity index (χ2v) is 7.81. The highest BCUT2D eigenvalue weighted by molar-refractivity contribution is 7.71. The Morgan fingerprint density at radius 1 is 1.32 bits per heavy atom. The summed E-state index contributed by atoms with van der Waals surface area (Å²) in [6.07, 6.45) is -0.109. The number of benzene rings is 1. The fourth-order valence-electron chi connectivity index (χ4n) is 3.02. The van der Waals surface area contributed by atoms with Crippen molar-refractivity contribution in [3.8, 4) is 5.69 Å². The van der Waals surface area contributed by atoms with Gasteiger partial charge in [-0.1, -0.05) is 12.1 Å². The van der Waals surface area contributed by atoms with Crippen LogP contribution in [0.3, 0.4) is 0 Å². The summed E-state index contributed by atoms with van der Waals surface area (Å²) >= 11 is 5.29. The zero-order valence-corrected chi connectivity index (χ0v) is 16.5. The minimum absolute atomic E-state index is 0.0375. The molecule has 9 nitrogen and oxygen atoms in total. The lowest BCUT2D eigenvalue weighted by atomic mass is 10.1. The zero-order chi connectivity index (χ0) is 20.6. The molecule has 0 saturated carbocycles. The van der Waals surface area contributed by atoms with Crippen LogP contribution < -0.4 is 5.56 Å². The number of nitro groups is 1. The van der Waals surface area contributed by atoms with Gasteiger partial charge < -0.3 is 14.6 Å². The first-order valence-electron chi connectivity index (χ1n) is 8.67. The smallest absolute Gasteiger partial charge is 0.410 e. The van der Waals surface area contributed by atoms with Crippen LogP contribution in [-0.2, 0) is 17.7 Å². The van der Waals surface area contributed by atoms with E-state index in [1.54, 1.807) is 26.8 Å². The maximum absolute atomic E-state index is 13.1. The number of nitrogens with one attached hydrogen (secondary N) is 1. The molecule has 1 N–H and O–H groups in total. The molecule has 0 bridgehead atoms. The van der Waals surface area contributed by atoms with Crippen LogP contribution in [0.1, 0.15) is 32.0 Å². The highest BCUT2D eigenvalue weighted by atomic mass is 32.1. The van der Waals surface area contributed by atoms with Gasteiger partial charge in [-0.05, 0) is 39.1 Å². The Balaban J connectivity index is 2.07. The van der Waals surface area contributed by atoms with Gasteiger partial charge in [-0.25, -0.2) is 9.36 Å². The second kappa shape index (κ2) is 7.19. The van der Waals surface area contributed by atoms with Gasteiger partial charge in [0.15, 0.2) is 4.77 Å². The van der Waals surface area contributed by atoms with E-state index in [0.717, 1.165) is 4.57 Å². The van der Waals surface area contributed by atoms with E-state index in [1.807, 2.05) is 0 Å². The van der Waals surface area contributed by atoms with Gasteiger partial charge in [0.2, 0.25) is 0 Å². The van der Waals surface area contributed by atoms with E-state index in [4.69, 9.17) is 17.0 Å². The third-order valence-corrected chi connectivity index (χ3v) is 4.52. The van der Waals surface area contributed by atoms with Gasteiger partial charge in [0.1, 0.15) is 11.3 Å². The van der Waals surface area contributed by atoms with Crippen molar-refractivity contribution in [1.82, 2.24) is 14.5 Å². The molecule has 3 rings (SSSR count). The number of aromatic amines is 1. The molecule has 0 fully saturated rings. The molecule has 0 radical (unpaired) electrons. The van der Waals surface area contributed by atoms with E-state index in [9.17, 15) is 19.7 Å². The molecule has 0 unspecified atom stereocenters. The van der Waals surface area contributed by atoms with Crippen LogP contribution in [0.15, 0.2) is 29.1 Å². The fourth-order valence-corrected chi connectivity index (χ4v) is 3.32. The Kier molecular flexibility index (Phi) is 5.07. The summed E-state index contributed by atoms with van der Waals surface area (Å²) in [5.74, 6) is 0. The number of amides is 1. The quantitative estimate of drug-likeness (QED) is 0.468. The summed E-state index contributed by atoms with van der Waals surface area (Å²) in [5.41, 5.74) is -0.326. The summed E-state index contributed by atoms with van der Waals surface area (Å²) in [6, 6.07) is 5.88. The number of hydrogen-bond acceptors (Lipinski definition) is 6. The lowest BCUT2D eigenvalue weighted by Crippen LogP contribution is -2.43. The van der Waals surface area contributed by atoms with E-state index < -0.39 is 22.2 Å². The Morgan fingerprint density at radius 2 is 2.00 bits per heavy atom. The highest BCUT2D eigenvalue weighted by Crippen LogP contribution is 2.23. The number of para-hydroxylation sites is 2. The molecule has 1 amide bonds. The summed E-state index contributed by atoms with van der Waals surface area (Å²) in [6.45, 7) is 5.71. The van der Waals surface area contributed by atoms with Crippen LogP contribution in [-0.4, -0.2) is 37.6 Å². The number of nitro benzene ring substituents is 1. The average molecular weight is 404 g/mol. The normalized spacial score (nSPS) is 13.8. The number of hydrogen-bond donors (Lipinski definition) is 1. The van der Waals surface area contributed by atoms with Crippen LogP contribution in [0.5, 0.6) is 0 Å². The van der Waals surface area contributed by atoms with Crippen molar-refractivity contribution in [2.24, 2.45) is 0 Å². The number of aromatic nitrogens is 2. The molecule has 1 aliphatic heterocycles. The maximum Gasteiger partial charge on any atom is 0.410 e. The van der Waals surface area contributed by atoms with E-state index in [0.29, 0.717) is 24.2 Å². The first-order valence-corrected chi connectivity index (χ1v) is 9.08. The molecular formula is C18H20N4O5S. The van der Waals surface area contributed by atoms with Crippen molar-refractivity contribution >= 4 is 24.0 Å². The minimum Gasteiger partial charge on any atom is -0.444 e. The predicted octanol–water partition coefficient (Wildman–Crippen LogP) is 3.10. The van der Waals surface area contributed by atoms with Gasteiger partial charge in [-0.2, -0.15) is 0 Å². The Bertz CT molecular complexity index is 1070. The van der Waals surface area contributed by atoms with Crippen LogP contribution in [0.25, 0.3) is 5.69 Å². The number of rotatable bonds is 2. The molecule has 1 aromatic carbocycles. The van der Waals surface area contributed by atoms with Crippen molar-refractivity contribution in [3.05, 3.63) is 60.8 Å². The first kappa shape index (κ1) is 19.7. The molecule has 0 saturated heterocycles. The number of ether oxygens (including phenoxy) is 1. The average Bonchev–Trinajstić information content (AvgIpc) is 2.60. The van der Waals surface area contributed by atoms with Crippen LogP contribution in [0, 0.1) is 14.9 Å². The predicted molar refractivity (Wildman–Crippen MR) is 104 cm³/mol. The molecule has 148 valence electrons. The van der Waals surface area contributed by atoms with Crippen molar-refractivity contribution in [2.75, 3.05) is 6.54 Å². The summed E-state index contributed by atoms with van der Waals surface area (Å²) in [7, 11) is 0. The van der Waals surface area contributed by atoms with Gasteiger partial charge in [0.25, 0.3) is 11.2 Å². The SMILES string of the molecule is CC(C)(C)OC(=O)N1CCc2[nH]c(=S)n(-c3ccccc3[N+](=O)[O-])c(=O)c2C1. The lowest BCUT2D eigenvalue weighted by molar-refractivity contribution is -0.384. The zero-order valence-electron chi connectivity index (χ0n) is 15.7. The molecule has 0 aliphatic carbocycles. The third kappa shape index (κ3) is 3.81. The third-order valence-electron chi connectivity index (χ3n) is 4.24. The molecule has 2 heterocycles. The molecule has 28 heavy (non-hydrogen) atoms. The number of nitrogens with zero attached hydrogens (tertiary/aromatic N) is 3.